The second-order valence-electron chi connectivity index (χ2n) is 8.71. The van der Waals surface area contributed by atoms with Gasteiger partial charge in [-0.1, -0.05) is 72.8 Å². The van der Waals surface area contributed by atoms with Crippen LogP contribution in [0.4, 0.5) is 0 Å². The molecule has 0 bridgehead atoms. The molecule has 0 amide bonds. The number of aliphatic hydroxyl groups excluding tert-OH is 1. The van der Waals surface area contributed by atoms with E-state index < -0.39 is 18.3 Å². The number of aliphatic hydroxyl groups is 1. The summed E-state index contributed by atoms with van der Waals surface area (Å²) < 4.78 is 5.49. The molecule has 182 valence electrons. The molecule has 2 N–H and O–H groups in total. The highest BCUT2D eigenvalue weighted by Gasteiger charge is 2.19. The minimum atomic E-state index is -0.640. The fourth-order valence-corrected chi connectivity index (χ4v) is 4.54. The van der Waals surface area contributed by atoms with Crippen molar-refractivity contribution in [1.82, 2.24) is 15.0 Å². The highest BCUT2D eigenvalue weighted by Crippen LogP contribution is 2.31. The van der Waals surface area contributed by atoms with Crippen molar-refractivity contribution in [1.29, 1.82) is 5.26 Å². The van der Waals surface area contributed by atoms with E-state index in [0.717, 1.165) is 21.9 Å². The molecule has 6 aromatic rings. The number of nitriles is 1. The summed E-state index contributed by atoms with van der Waals surface area (Å²) in [5, 5.41) is 23.0. The molecule has 0 atom stereocenters. The first-order chi connectivity index (χ1) is 18.6. The molecule has 2 heterocycles. The number of ether oxygens (including phenoxy) is 1. The molecule has 0 radical (unpaired) electrons. The Morgan fingerprint density at radius 1 is 0.868 bits per heavy atom. The number of H-pyrrole nitrogens is 1. The first-order valence-corrected chi connectivity index (χ1v) is 11.9. The number of hydrogen-bond donors (Lipinski definition) is 2. The molecule has 0 fully saturated rings. The molecule has 6 rings (SSSR count). The number of esters is 1. The van der Waals surface area contributed by atoms with Crippen molar-refractivity contribution in [2.75, 3.05) is 6.61 Å². The molecule has 38 heavy (non-hydrogen) atoms. The van der Waals surface area contributed by atoms with Crippen molar-refractivity contribution < 1.29 is 14.6 Å². The van der Waals surface area contributed by atoms with Crippen LogP contribution >= 0.6 is 0 Å². The average molecular weight is 497 g/mol. The number of carbonyl (C=O) groups excluding carboxylic acids is 1. The zero-order valence-electron chi connectivity index (χ0n) is 20.1. The van der Waals surface area contributed by atoms with Crippen molar-refractivity contribution in [3.8, 4) is 17.3 Å². The summed E-state index contributed by atoms with van der Waals surface area (Å²) in [4.78, 5) is 25.5. The van der Waals surface area contributed by atoms with E-state index in [-0.39, 0.29) is 11.4 Å². The summed E-state index contributed by atoms with van der Waals surface area (Å²) in [5.41, 5.74) is 3.77. The third-order valence-electron chi connectivity index (χ3n) is 6.37. The second kappa shape index (κ2) is 9.52. The van der Waals surface area contributed by atoms with E-state index in [1.165, 1.54) is 0 Å². The monoisotopic (exact) mass is 496 g/mol. The molecule has 4 aromatic carbocycles. The van der Waals surface area contributed by atoms with E-state index in [1.807, 2.05) is 84.9 Å². The molecule has 0 unspecified atom stereocenters. The molecule has 0 saturated carbocycles. The lowest BCUT2D eigenvalue weighted by atomic mass is 9.99. The van der Waals surface area contributed by atoms with Crippen LogP contribution < -0.4 is 0 Å². The number of nitrogens with one attached hydrogen (secondary N) is 1. The predicted molar refractivity (Wildman–Crippen MR) is 146 cm³/mol. The number of nitrogens with zero attached hydrogens (tertiary/aromatic N) is 3. The molecule has 0 aliphatic rings. The maximum Gasteiger partial charge on any atom is 0.339 e. The Balaban J connectivity index is 1.36. The van der Waals surface area contributed by atoms with Crippen LogP contribution in [0, 0.1) is 11.3 Å². The third kappa shape index (κ3) is 4.10. The van der Waals surface area contributed by atoms with Gasteiger partial charge in [0.05, 0.1) is 27.8 Å². The Labute approximate surface area is 217 Å². The summed E-state index contributed by atoms with van der Waals surface area (Å²) in [6, 6.07) is 32.2. The van der Waals surface area contributed by atoms with Gasteiger partial charge in [0.2, 0.25) is 0 Å². The van der Waals surface area contributed by atoms with Crippen LogP contribution in [0.1, 0.15) is 16.2 Å². The molecule has 0 aliphatic carbocycles. The molecule has 0 saturated heterocycles. The fraction of sp³-hybridized carbons (Fsp3) is 0.0323. The van der Waals surface area contributed by atoms with Gasteiger partial charge in [-0.15, -0.1) is 0 Å². The van der Waals surface area contributed by atoms with E-state index in [0.29, 0.717) is 27.7 Å². The Morgan fingerprint density at radius 2 is 1.58 bits per heavy atom. The lowest BCUT2D eigenvalue weighted by Crippen LogP contribution is -2.10. The van der Waals surface area contributed by atoms with Gasteiger partial charge in [0.25, 0.3) is 0 Å². The van der Waals surface area contributed by atoms with E-state index >= 15 is 0 Å². The first kappa shape index (κ1) is 23.0. The summed E-state index contributed by atoms with van der Waals surface area (Å²) in [6.45, 7) is -0.487. The Bertz CT molecular complexity index is 1890. The minimum Gasteiger partial charge on any atom is -0.507 e. The SMILES string of the molecule is N#CC(=C(O)COC(=O)c1cc(-c2cccc3ccccc23)nc2ccccc12)c1nc2ccccc2[nH]1. The number of para-hydroxylation sites is 3. The Kier molecular flexibility index (Phi) is 5.75. The molecule has 0 spiro atoms. The number of rotatable bonds is 5. The third-order valence-corrected chi connectivity index (χ3v) is 6.37. The summed E-state index contributed by atoms with van der Waals surface area (Å²) in [6.07, 6.45) is 0. The van der Waals surface area contributed by atoms with Crippen molar-refractivity contribution in [3.05, 3.63) is 114 Å². The fourth-order valence-electron chi connectivity index (χ4n) is 4.54. The number of benzene rings is 4. The highest BCUT2D eigenvalue weighted by atomic mass is 16.5. The molecule has 0 aliphatic heterocycles. The maximum atomic E-state index is 13.3. The number of fused-ring (bicyclic) bond motifs is 3. The van der Waals surface area contributed by atoms with Crippen LogP contribution in [0.15, 0.2) is 103 Å². The van der Waals surface area contributed by atoms with Gasteiger partial charge in [-0.3, -0.25) is 0 Å². The van der Waals surface area contributed by atoms with Crippen LogP contribution in [0.2, 0.25) is 0 Å². The smallest absolute Gasteiger partial charge is 0.339 e. The average Bonchev–Trinajstić information content (AvgIpc) is 3.39. The van der Waals surface area contributed by atoms with Gasteiger partial charge in [0.1, 0.15) is 18.2 Å². The van der Waals surface area contributed by atoms with Crippen LogP contribution in [-0.4, -0.2) is 32.6 Å². The molecule has 2 aromatic heterocycles. The largest absolute Gasteiger partial charge is 0.507 e. The zero-order chi connectivity index (χ0) is 26.1. The van der Waals surface area contributed by atoms with E-state index in [9.17, 15) is 15.2 Å². The number of pyridine rings is 1. The second-order valence-corrected chi connectivity index (χ2v) is 8.71. The van der Waals surface area contributed by atoms with Gasteiger partial charge >= 0.3 is 5.97 Å². The standard InChI is InChI=1S/C31H20N4O3/c32-17-24(30-34-26-14-5-6-15-27(26)35-30)29(36)18-38-31(37)23-16-28(33-25-13-4-3-11-22(23)25)21-12-7-9-19-8-1-2-10-20(19)21/h1-16,36H,18H2,(H,34,35). The van der Waals surface area contributed by atoms with Crippen LogP contribution in [0.3, 0.4) is 0 Å². The van der Waals surface area contributed by atoms with Crippen LogP contribution in [-0.2, 0) is 4.74 Å². The van der Waals surface area contributed by atoms with Gasteiger partial charge < -0.3 is 14.8 Å². The van der Waals surface area contributed by atoms with Crippen LogP contribution in [0.25, 0.3) is 49.5 Å². The Morgan fingerprint density at radius 3 is 2.39 bits per heavy atom. The predicted octanol–water partition coefficient (Wildman–Crippen LogP) is 6.58. The van der Waals surface area contributed by atoms with Gasteiger partial charge in [0.15, 0.2) is 11.6 Å². The van der Waals surface area contributed by atoms with Crippen molar-refractivity contribution >= 4 is 44.3 Å². The topological polar surface area (TPSA) is 112 Å². The molecular weight excluding hydrogens is 476 g/mol. The minimum absolute atomic E-state index is 0.0926. The maximum absolute atomic E-state index is 13.3. The number of aromatic amines is 1. The number of imidazole rings is 1. The normalized spacial score (nSPS) is 11.9. The van der Waals surface area contributed by atoms with Crippen LogP contribution in [0.5, 0.6) is 0 Å². The highest BCUT2D eigenvalue weighted by molar-refractivity contribution is 6.06. The number of allylic oxidation sites excluding steroid dienone is 1. The van der Waals surface area contributed by atoms with Gasteiger partial charge in [-0.2, -0.15) is 5.26 Å². The number of carbonyl (C=O) groups is 1. The summed E-state index contributed by atoms with van der Waals surface area (Å²) in [5.74, 6) is -0.832. The Hall–Kier alpha value is -5.48. The number of aromatic nitrogens is 3. The lowest BCUT2D eigenvalue weighted by Gasteiger charge is -2.12. The zero-order valence-corrected chi connectivity index (χ0v) is 20.1. The number of hydrogen-bond acceptors (Lipinski definition) is 6. The van der Waals surface area contributed by atoms with E-state index in [1.54, 1.807) is 18.2 Å². The molecule has 7 nitrogen and oxygen atoms in total. The van der Waals surface area contributed by atoms with Crippen molar-refractivity contribution in [2.45, 2.75) is 0 Å². The lowest BCUT2D eigenvalue weighted by molar-refractivity contribution is 0.0505. The van der Waals surface area contributed by atoms with E-state index in [2.05, 4.69) is 9.97 Å². The first-order valence-electron chi connectivity index (χ1n) is 11.9. The van der Waals surface area contributed by atoms with E-state index in [4.69, 9.17) is 9.72 Å². The molecule has 7 heteroatoms. The van der Waals surface area contributed by atoms with Crippen molar-refractivity contribution in [2.24, 2.45) is 0 Å². The van der Waals surface area contributed by atoms with Crippen molar-refractivity contribution in [3.63, 3.8) is 0 Å². The summed E-state index contributed by atoms with van der Waals surface area (Å²) in [7, 11) is 0. The van der Waals surface area contributed by atoms with Gasteiger partial charge in [-0.05, 0) is 35.0 Å². The quantitative estimate of drug-likeness (QED) is 0.158. The van der Waals surface area contributed by atoms with Gasteiger partial charge in [-0.25, -0.2) is 14.8 Å². The van der Waals surface area contributed by atoms with Gasteiger partial charge in [0, 0.05) is 10.9 Å². The molecular formula is C31H20N4O3. The summed E-state index contributed by atoms with van der Waals surface area (Å²) >= 11 is 0.